The molecule has 0 saturated carbocycles. The van der Waals surface area contributed by atoms with Gasteiger partial charge in [-0.25, -0.2) is 0 Å². The molecule has 1 saturated heterocycles. The first kappa shape index (κ1) is 17.1. The molecule has 5 rings (SSSR count). The van der Waals surface area contributed by atoms with Crippen LogP contribution >= 0.6 is 11.6 Å². The Balaban J connectivity index is 1.65. The smallest absolute Gasteiger partial charge is 0.231 e. The predicted molar refractivity (Wildman–Crippen MR) is 108 cm³/mol. The van der Waals surface area contributed by atoms with E-state index in [1.54, 1.807) is 0 Å². The van der Waals surface area contributed by atoms with Crippen molar-refractivity contribution in [3.8, 4) is 11.5 Å². The summed E-state index contributed by atoms with van der Waals surface area (Å²) in [6.45, 7) is 1.28. The summed E-state index contributed by atoms with van der Waals surface area (Å²) in [6, 6.07) is 12.3. The Morgan fingerprint density at radius 3 is 2.70 bits per heavy atom. The standard InChI is InChI=1S/C22H22ClNO3/c23-14-4-5-16-18(9-14)17-11-22-21(26-12-27-22)8-13(17)7-19(16)20(25)10-15-3-1-2-6-24-15/h4-5,7-9,11,15,20,24-25H,1-3,6,10,12H2. The van der Waals surface area contributed by atoms with Crippen molar-refractivity contribution < 1.29 is 14.6 Å². The van der Waals surface area contributed by atoms with E-state index in [1.807, 2.05) is 30.3 Å². The zero-order chi connectivity index (χ0) is 18.4. The molecule has 0 bridgehead atoms. The van der Waals surface area contributed by atoms with Gasteiger partial charge >= 0.3 is 0 Å². The lowest BCUT2D eigenvalue weighted by Crippen LogP contribution is -2.35. The minimum Gasteiger partial charge on any atom is -0.454 e. The zero-order valence-corrected chi connectivity index (χ0v) is 15.8. The molecule has 0 aromatic heterocycles. The van der Waals surface area contributed by atoms with Crippen LogP contribution in [-0.4, -0.2) is 24.5 Å². The van der Waals surface area contributed by atoms with E-state index in [-0.39, 0.29) is 6.79 Å². The van der Waals surface area contributed by atoms with Gasteiger partial charge in [-0.3, -0.25) is 0 Å². The summed E-state index contributed by atoms with van der Waals surface area (Å²) in [5, 5.41) is 19.4. The van der Waals surface area contributed by atoms with E-state index >= 15 is 0 Å². The minimum atomic E-state index is -0.529. The third-order valence-corrected chi connectivity index (χ3v) is 5.95. The van der Waals surface area contributed by atoms with Crippen molar-refractivity contribution in [2.45, 2.75) is 37.8 Å². The van der Waals surface area contributed by atoms with Gasteiger partial charge in [0.2, 0.25) is 6.79 Å². The molecule has 3 aromatic rings. The van der Waals surface area contributed by atoms with Gasteiger partial charge in [-0.05, 0) is 83.2 Å². The van der Waals surface area contributed by atoms with Crippen molar-refractivity contribution in [3.63, 3.8) is 0 Å². The van der Waals surface area contributed by atoms with Crippen LogP contribution in [0.5, 0.6) is 11.5 Å². The summed E-state index contributed by atoms with van der Waals surface area (Å²) in [7, 11) is 0. The average molecular weight is 384 g/mol. The number of piperidine rings is 1. The number of aliphatic hydroxyl groups excluding tert-OH is 1. The number of benzene rings is 3. The highest BCUT2D eigenvalue weighted by Crippen LogP contribution is 2.41. The Hall–Kier alpha value is -2.01. The Kier molecular flexibility index (Phi) is 4.35. The third kappa shape index (κ3) is 3.12. The SMILES string of the molecule is OC(CC1CCCCN1)c1cc2cc3c(cc2c2cc(Cl)ccc12)OCO3. The molecule has 3 aromatic carbocycles. The van der Waals surface area contributed by atoms with E-state index in [0.717, 1.165) is 51.6 Å². The molecule has 2 unspecified atom stereocenters. The summed E-state index contributed by atoms with van der Waals surface area (Å²) in [5.74, 6) is 1.50. The number of hydrogen-bond donors (Lipinski definition) is 2. The van der Waals surface area contributed by atoms with E-state index < -0.39 is 6.10 Å². The van der Waals surface area contributed by atoms with E-state index in [4.69, 9.17) is 21.1 Å². The number of fused-ring (bicyclic) bond motifs is 4. The van der Waals surface area contributed by atoms with Gasteiger partial charge in [0.1, 0.15) is 0 Å². The maximum absolute atomic E-state index is 11.1. The Morgan fingerprint density at radius 1 is 1.04 bits per heavy atom. The third-order valence-electron chi connectivity index (χ3n) is 5.72. The van der Waals surface area contributed by atoms with Crippen LogP contribution in [-0.2, 0) is 0 Å². The Labute approximate surface area is 163 Å². The molecule has 0 aliphatic carbocycles. The van der Waals surface area contributed by atoms with Crippen LogP contribution in [0.3, 0.4) is 0 Å². The van der Waals surface area contributed by atoms with Crippen LogP contribution < -0.4 is 14.8 Å². The predicted octanol–water partition coefficient (Wildman–Crippen LogP) is 4.94. The monoisotopic (exact) mass is 383 g/mol. The molecule has 2 heterocycles. The maximum Gasteiger partial charge on any atom is 0.231 e. The molecular weight excluding hydrogens is 362 g/mol. The van der Waals surface area contributed by atoms with Gasteiger partial charge < -0.3 is 19.9 Å². The highest BCUT2D eigenvalue weighted by Gasteiger charge is 2.22. The second-order valence-corrected chi connectivity index (χ2v) is 7.92. The largest absolute Gasteiger partial charge is 0.454 e. The quantitative estimate of drug-likeness (QED) is 0.629. The fourth-order valence-corrected chi connectivity index (χ4v) is 4.52. The summed E-state index contributed by atoms with van der Waals surface area (Å²) in [6.07, 6.45) is 3.75. The summed E-state index contributed by atoms with van der Waals surface area (Å²) >= 11 is 6.30. The summed E-state index contributed by atoms with van der Waals surface area (Å²) < 4.78 is 11.1. The molecule has 2 atom stereocenters. The number of ether oxygens (including phenoxy) is 2. The fourth-order valence-electron chi connectivity index (χ4n) is 4.34. The Bertz CT molecular complexity index is 1010. The van der Waals surface area contributed by atoms with E-state index in [0.29, 0.717) is 17.5 Å². The van der Waals surface area contributed by atoms with Crippen molar-refractivity contribution in [3.05, 3.63) is 47.0 Å². The second kappa shape index (κ2) is 6.86. The van der Waals surface area contributed by atoms with Crippen LogP contribution in [0.15, 0.2) is 36.4 Å². The van der Waals surface area contributed by atoms with E-state index in [9.17, 15) is 5.11 Å². The van der Waals surface area contributed by atoms with Gasteiger partial charge in [0.05, 0.1) is 6.10 Å². The topological polar surface area (TPSA) is 50.7 Å². The molecule has 0 spiro atoms. The van der Waals surface area contributed by atoms with Crippen LogP contribution in [0.25, 0.3) is 21.5 Å². The maximum atomic E-state index is 11.1. The van der Waals surface area contributed by atoms with Gasteiger partial charge in [-0.15, -0.1) is 0 Å². The normalized spacial score (nSPS) is 20.3. The zero-order valence-electron chi connectivity index (χ0n) is 15.0. The highest BCUT2D eigenvalue weighted by molar-refractivity contribution is 6.32. The summed E-state index contributed by atoms with van der Waals surface area (Å²) in [5.41, 5.74) is 0.945. The second-order valence-electron chi connectivity index (χ2n) is 7.48. The molecule has 0 radical (unpaired) electrons. The lowest BCUT2D eigenvalue weighted by Gasteiger charge is -2.26. The molecule has 2 aliphatic heterocycles. The lowest BCUT2D eigenvalue weighted by molar-refractivity contribution is 0.146. The van der Waals surface area contributed by atoms with Gasteiger partial charge in [-0.2, -0.15) is 0 Å². The molecule has 5 heteroatoms. The first-order valence-electron chi connectivity index (χ1n) is 9.56. The number of hydrogen-bond acceptors (Lipinski definition) is 4. The molecule has 27 heavy (non-hydrogen) atoms. The summed E-state index contributed by atoms with van der Waals surface area (Å²) in [4.78, 5) is 0. The van der Waals surface area contributed by atoms with Crippen LogP contribution in [0.2, 0.25) is 5.02 Å². The van der Waals surface area contributed by atoms with Gasteiger partial charge in [0.15, 0.2) is 11.5 Å². The van der Waals surface area contributed by atoms with E-state index in [1.165, 1.54) is 12.8 Å². The molecule has 2 N–H and O–H groups in total. The van der Waals surface area contributed by atoms with Crippen molar-refractivity contribution in [2.24, 2.45) is 0 Å². The van der Waals surface area contributed by atoms with Crippen LogP contribution in [0.4, 0.5) is 0 Å². The van der Waals surface area contributed by atoms with E-state index in [2.05, 4.69) is 11.4 Å². The fraction of sp³-hybridized carbons (Fsp3) is 0.364. The minimum absolute atomic E-state index is 0.243. The molecule has 1 fully saturated rings. The number of nitrogens with one attached hydrogen (secondary N) is 1. The number of aliphatic hydroxyl groups is 1. The van der Waals surface area contributed by atoms with Gasteiger partial charge in [-0.1, -0.05) is 24.1 Å². The van der Waals surface area contributed by atoms with Crippen LogP contribution in [0.1, 0.15) is 37.4 Å². The molecule has 0 amide bonds. The lowest BCUT2D eigenvalue weighted by atomic mass is 9.90. The average Bonchev–Trinajstić information content (AvgIpc) is 3.14. The molecule has 2 aliphatic rings. The highest BCUT2D eigenvalue weighted by atomic mass is 35.5. The first-order valence-corrected chi connectivity index (χ1v) is 9.94. The molecule has 140 valence electrons. The van der Waals surface area contributed by atoms with Crippen molar-refractivity contribution >= 4 is 33.1 Å². The van der Waals surface area contributed by atoms with Crippen molar-refractivity contribution in [1.82, 2.24) is 5.32 Å². The number of halogens is 1. The Morgan fingerprint density at radius 2 is 1.89 bits per heavy atom. The molecule has 4 nitrogen and oxygen atoms in total. The van der Waals surface area contributed by atoms with Gasteiger partial charge in [0.25, 0.3) is 0 Å². The van der Waals surface area contributed by atoms with Crippen molar-refractivity contribution in [2.75, 3.05) is 13.3 Å². The molecular formula is C22H22ClNO3. The van der Waals surface area contributed by atoms with Crippen LogP contribution in [0, 0.1) is 0 Å². The first-order chi connectivity index (χ1) is 13.2. The van der Waals surface area contributed by atoms with Gasteiger partial charge in [0, 0.05) is 11.1 Å². The van der Waals surface area contributed by atoms with Crippen molar-refractivity contribution in [1.29, 1.82) is 0 Å². The number of rotatable bonds is 3.